The first-order valence-electron chi connectivity index (χ1n) is 8.15. The van der Waals surface area contributed by atoms with Crippen molar-refractivity contribution in [3.8, 4) is 0 Å². The van der Waals surface area contributed by atoms with Crippen molar-refractivity contribution < 1.29 is 21.5 Å². The Labute approximate surface area is 140 Å². The Balaban J connectivity index is 0.00000220. The predicted octanol–water partition coefficient (Wildman–Crippen LogP) is 0.881. The van der Waals surface area contributed by atoms with Crippen LogP contribution in [0, 0.1) is 0 Å². The Morgan fingerprint density at radius 3 is 2.86 bits per heavy atom. The van der Waals surface area contributed by atoms with Gasteiger partial charge in [-0.25, -0.2) is 4.57 Å². The molecule has 1 saturated heterocycles. The largest absolute Gasteiger partial charge is 1.00 e. The molecule has 2 rings (SSSR count). The molecule has 1 aromatic heterocycles. The van der Waals surface area contributed by atoms with Crippen LogP contribution in [0.25, 0.3) is 0 Å². The first kappa shape index (κ1) is 18.4. The summed E-state index contributed by atoms with van der Waals surface area (Å²) >= 11 is 0. The van der Waals surface area contributed by atoms with Crippen molar-refractivity contribution in [2.45, 2.75) is 58.0 Å². The minimum absolute atomic E-state index is 0. The van der Waals surface area contributed by atoms with Crippen molar-refractivity contribution in [1.29, 1.82) is 0 Å². The van der Waals surface area contributed by atoms with Crippen molar-refractivity contribution in [3.05, 3.63) is 42.2 Å². The van der Waals surface area contributed by atoms with Crippen LogP contribution in [0.15, 0.2) is 36.7 Å². The Morgan fingerprint density at radius 1 is 1.33 bits per heavy atom. The summed E-state index contributed by atoms with van der Waals surface area (Å²) in [5.41, 5.74) is 1.47. The summed E-state index contributed by atoms with van der Waals surface area (Å²) in [4.78, 5) is 2.48. The number of pyridine rings is 1. The van der Waals surface area contributed by atoms with E-state index in [4.69, 9.17) is 0 Å². The van der Waals surface area contributed by atoms with E-state index < -0.39 is 0 Å². The van der Waals surface area contributed by atoms with Crippen molar-refractivity contribution in [1.82, 2.24) is 4.90 Å². The number of halogens is 1. The number of hydrogen-bond acceptors (Lipinski definition) is 1. The minimum Gasteiger partial charge on any atom is -1.00 e. The van der Waals surface area contributed by atoms with Gasteiger partial charge in [0.1, 0.15) is 0 Å². The Bertz CT molecular complexity index is 431. The summed E-state index contributed by atoms with van der Waals surface area (Å²) in [6, 6.07) is 5.10. The van der Waals surface area contributed by atoms with Crippen LogP contribution in [0.1, 0.15) is 57.1 Å². The van der Waals surface area contributed by atoms with Crippen LogP contribution in [-0.2, 0) is 6.54 Å². The highest BCUT2D eigenvalue weighted by Crippen LogP contribution is 2.29. The molecule has 3 heteroatoms. The van der Waals surface area contributed by atoms with Crippen LogP contribution in [-0.4, -0.2) is 18.5 Å². The normalized spacial score (nSPS) is 19.0. The van der Waals surface area contributed by atoms with E-state index in [1.807, 2.05) is 0 Å². The number of unbranched alkanes of at least 4 members (excludes halogenated alkanes) is 2. The minimum atomic E-state index is 0. The third-order valence-electron chi connectivity index (χ3n) is 4.23. The molecule has 1 fully saturated rings. The lowest BCUT2D eigenvalue weighted by Crippen LogP contribution is -3.00. The van der Waals surface area contributed by atoms with Gasteiger partial charge in [0, 0.05) is 24.1 Å². The van der Waals surface area contributed by atoms with E-state index in [9.17, 15) is 0 Å². The van der Waals surface area contributed by atoms with Gasteiger partial charge in [0.15, 0.2) is 18.9 Å². The molecule has 0 unspecified atom stereocenters. The monoisotopic (exact) mass is 352 g/mol. The fraction of sp³-hybridized carbons (Fsp3) is 0.611. The first-order valence-corrected chi connectivity index (χ1v) is 8.15. The van der Waals surface area contributed by atoms with E-state index in [0.717, 1.165) is 13.0 Å². The van der Waals surface area contributed by atoms with Gasteiger partial charge < -0.3 is 17.0 Å². The molecule has 2 nitrogen and oxygen atoms in total. The molecule has 118 valence electrons. The van der Waals surface area contributed by atoms with Gasteiger partial charge in [0.25, 0.3) is 0 Å². The molecule has 1 aliphatic rings. The average Bonchev–Trinajstić information content (AvgIpc) is 2.89. The molecule has 1 atom stereocenters. The van der Waals surface area contributed by atoms with Crippen LogP contribution in [0.4, 0.5) is 0 Å². The summed E-state index contributed by atoms with van der Waals surface area (Å²) in [7, 11) is 2.24. The lowest BCUT2D eigenvalue weighted by atomic mass is 10.1. The molecule has 0 aromatic carbocycles. The maximum Gasteiger partial charge on any atom is 0.173 e. The number of likely N-dealkylation sites (tertiary alicyclic amines) is 1. The lowest BCUT2D eigenvalue weighted by molar-refractivity contribution is -0.696. The van der Waals surface area contributed by atoms with Crippen LogP contribution >= 0.6 is 0 Å². The zero-order chi connectivity index (χ0) is 14.2. The summed E-state index contributed by atoms with van der Waals surface area (Å²) in [6.45, 7) is 4.57. The molecule has 0 spiro atoms. The molecule has 2 heterocycles. The predicted molar refractivity (Wildman–Crippen MR) is 84.5 cm³/mol. The molecule has 0 saturated carbocycles. The molecule has 0 bridgehead atoms. The first-order chi connectivity index (χ1) is 9.81. The average molecular weight is 353 g/mol. The van der Waals surface area contributed by atoms with Crippen LogP contribution in [0.2, 0.25) is 0 Å². The second-order valence-electron chi connectivity index (χ2n) is 5.92. The third-order valence-corrected chi connectivity index (χ3v) is 4.23. The Hall–Kier alpha value is -0.670. The number of aromatic nitrogens is 1. The summed E-state index contributed by atoms with van der Waals surface area (Å²) in [5, 5.41) is 0. The molecule has 21 heavy (non-hydrogen) atoms. The van der Waals surface area contributed by atoms with Gasteiger partial charge in [0.05, 0.1) is 0 Å². The highest BCUT2D eigenvalue weighted by molar-refractivity contribution is 5.12. The smallest absolute Gasteiger partial charge is 0.173 e. The van der Waals surface area contributed by atoms with E-state index in [0.29, 0.717) is 6.04 Å². The summed E-state index contributed by atoms with van der Waals surface area (Å²) in [5.74, 6) is 0. The number of rotatable bonds is 7. The molecule has 0 amide bonds. The highest BCUT2D eigenvalue weighted by atomic mass is 79.9. The molecule has 0 N–H and O–H groups in total. The van der Waals surface area contributed by atoms with Gasteiger partial charge in [-0.05, 0) is 38.9 Å². The second-order valence-corrected chi connectivity index (χ2v) is 5.92. The van der Waals surface area contributed by atoms with Gasteiger partial charge in [0.2, 0.25) is 0 Å². The number of aryl methyl sites for hydroxylation is 1. The van der Waals surface area contributed by atoms with Crippen LogP contribution in [0.5, 0.6) is 0 Å². The van der Waals surface area contributed by atoms with E-state index in [2.05, 4.69) is 60.1 Å². The van der Waals surface area contributed by atoms with Gasteiger partial charge in [-0.3, -0.25) is 4.90 Å². The Kier molecular flexibility index (Phi) is 8.86. The highest BCUT2D eigenvalue weighted by Gasteiger charge is 2.24. The SMILES string of the molecule is CCCC/C=C/CC[n+]1cccc([C@@H]2CCCN2C)c1.[Br-]. The maximum absolute atomic E-state index is 2.48. The van der Waals surface area contributed by atoms with Crippen molar-refractivity contribution in [2.24, 2.45) is 0 Å². The quantitative estimate of drug-likeness (QED) is 0.401. The molecule has 0 radical (unpaired) electrons. The van der Waals surface area contributed by atoms with Gasteiger partial charge >= 0.3 is 0 Å². The fourth-order valence-corrected chi connectivity index (χ4v) is 2.99. The van der Waals surface area contributed by atoms with Gasteiger partial charge in [-0.15, -0.1) is 0 Å². The van der Waals surface area contributed by atoms with E-state index in [1.165, 1.54) is 44.2 Å². The number of nitrogens with zero attached hydrogens (tertiary/aromatic N) is 2. The number of allylic oxidation sites excluding steroid dienone is 2. The van der Waals surface area contributed by atoms with E-state index >= 15 is 0 Å². The maximum atomic E-state index is 2.48. The van der Waals surface area contributed by atoms with Crippen LogP contribution < -0.4 is 21.5 Å². The second kappa shape index (κ2) is 10.1. The Morgan fingerprint density at radius 2 is 2.14 bits per heavy atom. The molecular formula is C18H29BrN2. The summed E-state index contributed by atoms with van der Waals surface area (Å²) in [6.07, 6.45) is 16.8. The van der Waals surface area contributed by atoms with Crippen molar-refractivity contribution in [3.63, 3.8) is 0 Å². The van der Waals surface area contributed by atoms with Crippen molar-refractivity contribution in [2.75, 3.05) is 13.6 Å². The molecule has 1 aliphatic heterocycles. The third kappa shape index (κ3) is 5.91. The van der Waals surface area contributed by atoms with Crippen LogP contribution in [0.3, 0.4) is 0 Å². The molecule has 0 aliphatic carbocycles. The standard InChI is InChI=1S/C18H29N2.BrH/c1-3-4-5-6-7-8-14-20-15-9-11-17(16-20)18-12-10-13-19(18)2;/h6-7,9,11,15-16,18H,3-5,8,10,12-14H2,1-2H3;1H/q+1;/p-1/b7-6+;/t18-;/m0./s1. The topological polar surface area (TPSA) is 7.12 Å². The van der Waals surface area contributed by atoms with E-state index in [-0.39, 0.29) is 17.0 Å². The van der Waals surface area contributed by atoms with Gasteiger partial charge in [-0.1, -0.05) is 31.9 Å². The summed E-state index contributed by atoms with van der Waals surface area (Å²) < 4.78 is 2.34. The fourth-order valence-electron chi connectivity index (χ4n) is 2.99. The zero-order valence-corrected chi connectivity index (χ0v) is 15.1. The molecule has 1 aromatic rings. The lowest BCUT2D eigenvalue weighted by Gasteiger charge is -2.18. The zero-order valence-electron chi connectivity index (χ0n) is 13.5. The van der Waals surface area contributed by atoms with E-state index in [1.54, 1.807) is 0 Å². The number of hydrogen-bond donors (Lipinski definition) is 0. The van der Waals surface area contributed by atoms with Gasteiger partial charge in [-0.2, -0.15) is 0 Å². The van der Waals surface area contributed by atoms with Crippen molar-refractivity contribution >= 4 is 0 Å². The molecular weight excluding hydrogens is 324 g/mol.